The molecule has 6 nitrogen and oxygen atoms in total. The number of nitrogens with one attached hydrogen (secondary N) is 1. The number of rotatable bonds is 5. The van der Waals surface area contributed by atoms with Gasteiger partial charge < -0.3 is 10.1 Å². The Morgan fingerprint density at radius 1 is 1.45 bits per heavy atom. The second-order valence-electron chi connectivity index (χ2n) is 3.64. The van der Waals surface area contributed by atoms with Crippen LogP contribution in [0.1, 0.15) is 10.4 Å². The molecule has 0 heterocycles. The number of hydrogen-bond acceptors (Lipinski definition) is 4. The van der Waals surface area contributed by atoms with Crippen LogP contribution in [0.15, 0.2) is 17.0 Å². The molecule has 0 aliphatic carbocycles. The van der Waals surface area contributed by atoms with Crippen molar-refractivity contribution < 1.29 is 31.1 Å². The minimum absolute atomic E-state index is 0.465. The number of halogens is 3. The second-order valence-corrected chi connectivity index (χ2v) is 5.17. The zero-order valence-corrected chi connectivity index (χ0v) is 11.0. The summed E-state index contributed by atoms with van der Waals surface area (Å²) in [6, 6.07) is 1.41. The lowest BCUT2D eigenvalue weighted by molar-refractivity contribution is 0.0891. The molecule has 0 radical (unpaired) electrons. The highest BCUT2D eigenvalue weighted by atomic mass is 32.2. The Kier molecular flexibility index (Phi) is 4.95. The smallest absolute Gasteiger partial charge is 0.255 e. The number of amides is 1. The third-order valence-corrected chi connectivity index (χ3v) is 3.12. The number of hydrogen-bond donors (Lipinski definition) is 2. The quantitative estimate of drug-likeness (QED) is 0.826. The molecule has 0 saturated heterocycles. The summed E-state index contributed by atoms with van der Waals surface area (Å²) in [7, 11) is -3.33. The first-order valence-electron chi connectivity index (χ1n) is 5.13. The van der Waals surface area contributed by atoms with Crippen LogP contribution in [0.5, 0.6) is 5.75 Å². The van der Waals surface area contributed by atoms with Crippen molar-refractivity contribution in [3.8, 4) is 5.75 Å². The predicted octanol–water partition coefficient (Wildman–Crippen LogP) is 0.477. The molecule has 0 aromatic heterocycles. The van der Waals surface area contributed by atoms with Crippen LogP contribution in [0.4, 0.5) is 13.2 Å². The van der Waals surface area contributed by atoms with E-state index < -0.39 is 50.9 Å². The van der Waals surface area contributed by atoms with E-state index >= 15 is 0 Å². The van der Waals surface area contributed by atoms with Gasteiger partial charge in [-0.05, 0) is 12.1 Å². The average molecular weight is 312 g/mol. The molecule has 0 fully saturated rings. The van der Waals surface area contributed by atoms with E-state index in [0.717, 1.165) is 13.2 Å². The number of methoxy groups -OCH3 is 1. The van der Waals surface area contributed by atoms with E-state index in [1.807, 2.05) is 5.32 Å². The SMILES string of the molecule is COc1c(F)cc(C(=O)NCC(F)F)cc1S(N)(=O)=O. The van der Waals surface area contributed by atoms with Gasteiger partial charge in [-0.25, -0.2) is 26.7 Å². The monoisotopic (exact) mass is 312 g/mol. The lowest BCUT2D eigenvalue weighted by Gasteiger charge is -2.10. The molecule has 1 rings (SSSR count). The first-order valence-corrected chi connectivity index (χ1v) is 6.68. The van der Waals surface area contributed by atoms with Crippen LogP contribution >= 0.6 is 0 Å². The molecule has 1 aromatic carbocycles. The van der Waals surface area contributed by atoms with Crippen LogP contribution in [-0.2, 0) is 10.0 Å². The first kappa shape index (κ1) is 16.2. The van der Waals surface area contributed by atoms with Crippen LogP contribution in [0.3, 0.4) is 0 Å². The van der Waals surface area contributed by atoms with E-state index in [1.165, 1.54) is 0 Å². The zero-order chi connectivity index (χ0) is 15.5. The van der Waals surface area contributed by atoms with Gasteiger partial charge in [0, 0.05) is 5.56 Å². The number of carbonyl (C=O) groups is 1. The van der Waals surface area contributed by atoms with Crippen molar-refractivity contribution in [1.82, 2.24) is 5.32 Å². The molecule has 0 unspecified atom stereocenters. The van der Waals surface area contributed by atoms with E-state index in [-0.39, 0.29) is 0 Å². The normalized spacial score (nSPS) is 11.5. The number of primary sulfonamides is 1. The fourth-order valence-corrected chi connectivity index (χ4v) is 2.11. The summed E-state index contributed by atoms with van der Waals surface area (Å²) >= 11 is 0. The third kappa shape index (κ3) is 3.84. The summed E-state index contributed by atoms with van der Waals surface area (Å²) in [6.07, 6.45) is -2.79. The Bertz CT molecular complexity index is 619. The van der Waals surface area contributed by atoms with Crippen molar-refractivity contribution in [2.24, 2.45) is 5.14 Å². The Morgan fingerprint density at radius 2 is 2.05 bits per heavy atom. The summed E-state index contributed by atoms with van der Waals surface area (Å²) in [6.45, 7) is -0.947. The van der Waals surface area contributed by atoms with E-state index in [2.05, 4.69) is 4.74 Å². The van der Waals surface area contributed by atoms with Crippen LogP contribution < -0.4 is 15.2 Å². The minimum atomic E-state index is -4.35. The van der Waals surface area contributed by atoms with Crippen molar-refractivity contribution in [2.45, 2.75) is 11.3 Å². The third-order valence-electron chi connectivity index (χ3n) is 2.20. The molecule has 3 N–H and O–H groups in total. The Labute approximate surface area is 112 Å². The van der Waals surface area contributed by atoms with E-state index in [4.69, 9.17) is 5.14 Å². The highest BCUT2D eigenvalue weighted by Crippen LogP contribution is 2.27. The maximum atomic E-state index is 13.6. The van der Waals surface area contributed by atoms with Gasteiger partial charge in [-0.3, -0.25) is 4.79 Å². The van der Waals surface area contributed by atoms with Crippen LogP contribution in [0, 0.1) is 5.82 Å². The van der Waals surface area contributed by atoms with Gasteiger partial charge in [0.15, 0.2) is 11.6 Å². The number of nitrogens with two attached hydrogens (primary N) is 1. The van der Waals surface area contributed by atoms with Gasteiger partial charge in [0.1, 0.15) is 4.90 Å². The summed E-state index contributed by atoms with van der Waals surface area (Å²) in [5.41, 5.74) is -0.465. The molecule has 10 heteroatoms. The highest BCUT2D eigenvalue weighted by molar-refractivity contribution is 7.89. The second kappa shape index (κ2) is 6.09. The fraction of sp³-hybridized carbons (Fsp3) is 0.300. The number of sulfonamides is 1. The predicted molar refractivity (Wildman–Crippen MR) is 62.7 cm³/mol. The van der Waals surface area contributed by atoms with Crippen LogP contribution in [0.25, 0.3) is 0 Å². The van der Waals surface area contributed by atoms with Gasteiger partial charge in [0.05, 0.1) is 13.7 Å². The molecule has 0 bridgehead atoms. The molecule has 112 valence electrons. The van der Waals surface area contributed by atoms with Gasteiger partial charge in [-0.2, -0.15) is 0 Å². The standard InChI is InChI=1S/C10H11F3N2O4S/c1-19-9-6(11)2-5(3-7(9)20(14,17)18)10(16)15-4-8(12)13/h2-3,8H,4H2,1H3,(H,15,16)(H2,14,17,18). The summed E-state index contributed by atoms with van der Waals surface area (Å²) < 4.78 is 64.7. The number of carbonyl (C=O) groups excluding carboxylic acids is 1. The van der Waals surface area contributed by atoms with Gasteiger partial charge in [-0.15, -0.1) is 0 Å². The summed E-state index contributed by atoms with van der Waals surface area (Å²) in [4.78, 5) is 10.7. The van der Waals surface area contributed by atoms with E-state index in [9.17, 15) is 26.4 Å². The van der Waals surface area contributed by atoms with Gasteiger partial charge >= 0.3 is 0 Å². The Morgan fingerprint density at radius 3 is 2.50 bits per heavy atom. The lowest BCUT2D eigenvalue weighted by Crippen LogP contribution is -2.29. The molecule has 0 atom stereocenters. The molecule has 0 aliphatic heterocycles. The van der Waals surface area contributed by atoms with Crippen molar-refractivity contribution in [3.63, 3.8) is 0 Å². The molecular weight excluding hydrogens is 301 g/mol. The van der Waals surface area contributed by atoms with Crippen molar-refractivity contribution in [3.05, 3.63) is 23.5 Å². The molecule has 0 saturated carbocycles. The maximum absolute atomic E-state index is 13.6. The van der Waals surface area contributed by atoms with Crippen molar-refractivity contribution in [2.75, 3.05) is 13.7 Å². The van der Waals surface area contributed by atoms with Crippen molar-refractivity contribution in [1.29, 1.82) is 0 Å². The van der Waals surface area contributed by atoms with Crippen molar-refractivity contribution >= 4 is 15.9 Å². The topological polar surface area (TPSA) is 98.5 Å². The minimum Gasteiger partial charge on any atom is -0.492 e. The molecule has 0 spiro atoms. The van der Waals surface area contributed by atoms with E-state index in [1.54, 1.807) is 0 Å². The lowest BCUT2D eigenvalue weighted by atomic mass is 10.2. The van der Waals surface area contributed by atoms with Crippen LogP contribution in [-0.4, -0.2) is 34.4 Å². The molecule has 0 aliphatic rings. The number of alkyl halides is 2. The fourth-order valence-electron chi connectivity index (χ4n) is 1.38. The first-order chi connectivity index (χ1) is 9.16. The Balaban J connectivity index is 3.25. The molecule has 20 heavy (non-hydrogen) atoms. The number of benzene rings is 1. The van der Waals surface area contributed by atoms with E-state index in [0.29, 0.717) is 6.07 Å². The Hall–Kier alpha value is -1.81. The molecule has 1 aromatic rings. The summed E-state index contributed by atoms with van der Waals surface area (Å²) in [5.74, 6) is -2.86. The average Bonchev–Trinajstić information content (AvgIpc) is 2.33. The highest BCUT2D eigenvalue weighted by Gasteiger charge is 2.22. The van der Waals surface area contributed by atoms with Crippen LogP contribution in [0.2, 0.25) is 0 Å². The van der Waals surface area contributed by atoms with Gasteiger partial charge in [0.25, 0.3) is 12.3 Å². The van der Waals surface area contributed by atoms with Gasteiger partial charge in [-0.1, -0.05) is 0 Å². The maximum Gasteiger partial charge on any atom is 0.255 e. The molecule has 1 amide bonds. The summed E-state index contributed by atoms with van der Waals surface area (Å²) in [5, 5.41) is 6.68. The molecular formula is C10H11F3N2O4S. The largest absolute Gasteiger partial charge is 0.492 e. The zero-order valence-electron chi connectivity index (χ0n) is 10.2. The van der Waals surface area contributed by atoms with Gasteiger partial charge in [0.2, 0.25) is 10.0 Å². The number of ether oxygens (including phenoxy) is 1.